The van der Waals surface area contributed by atoms with E-state index in [4.69, 9.17) is 5.73 Å². The van der Waals surface area contributed by atoms with Gasteiger partial charge in [0.25, 0.3) is 0 Å². The third-order valence-corrected chi connectivity index (χ3v) is 4.25. The van der Waals surface area contributed by atoms with Crippen LogP contribution in [0.3, 0.4) is 0 Å². The van der Waals surface area contributed by atoms with Gasteiger partial charge in [-0.3, -0.25) is 0 Å². The Bertz CT molecular complexity index is 398. The molecular formula is C13H22N4. The van der Waals surface area contributed by atoms with Crippen LogP contribution in [0.1, 0.15) is 49.8 Å². The van der Waals surface area contributed by atoms with E-state index in [1.165, 1.54) is 30.9 Å². The van der Waals surface area contributed by atoms with E-state index < -0.39 is 0 Å². The molecule has 0 amide bonds. The normalized spacial score (nSPS) is 29.5. The summed E-state index contributed by atoms with van der Waals surface area (Å²) in [5, 5.41) is 0. The van der Waals surface area contributed by atoms with Crippen molar-refractivity contribution in [1.82, 2.24) is 14.5 Å². The second kappa shape index (κ2) is 4.42. The molecule has 94 valence electrons. The quantitative estimate of drug-likeness (QED) is 0.843. The molecule has 2 N–H and O–H groups in total. The second-order valence-electron chi connectivity index (χ2n) is 5.32. The molecule has 3 rings (SSSR count). The summed E-state index contributed by atoms with van der Waals surface area (Å²) in [5.41, 5.74) is 7.58. The SMILES string of the molecule is CCN1CCC(c2ncc3n2C(N)CCC3)C1. The van der Waals surface area contributed by atoms with Gasteiger partial charge in [0, 0.05) is 24.4 Å². The largest absolute Gasteiger partial charge is 0.316 e. The highest BCUT2D eigenvalue weighted by Crippen LogP contribution is 2.31. The highest BCUT2D eigenvalue weighted by molar-refractivity contribution is 5.14. The van der Waals surface area contributed by atoms with Crippen molar-refractivity contribution in [2.24, 2.45) is 5.73 Å². The van der Waals surface area contributed by atoms with Gasteiger partial charge in [-0.05, 0) is 38.8 Å². The van der Waals surface area contributed by atoms with Crippen LogP contribution in [-0.4, -0.2) is 34.1 Å². The first-order valence-corrected chi connectivity index (χ1v) is 6.83. The minimum absolute atomic E-state index is 0.159. The van der Waals surface area contributed by atoms with Gasteiger partial charge in [-0.15, -0.1) is 0 Å². The van der Waals surface area contributed by atoms with Crippen LogP contribution >= 0.6 is 0 Å². The fraction of sp³-hybridized carbons (Fsp3) is 0.769. The fourth-order valence-corrected chi connectivity index (χ4v) is 3.23. The molecule has 4 heteroatoms. The summed E-state index contributed by atoms with van der Waals surface area (Å²) >= 11 is 0. The Balaban J connectivity index is 1.86. The Morgan fingerprint density at radius 2 is 2.35 bits per heavy atom. The van der Waals surface area contributed by atoms with Crippen molar-refractivity contribution >= 4 is 0 Å². The standard InChI is InChI=1S/C13H22N4/c1-2-16-7-6-10(9-16)13-15-8-11-4-3-5-12(14)17(11)13/h8,10,12H,2-7,9,14H2,1H3. The van der Waals surface area contributed by atoms with Gasteiger partial charge in [0.15, 0.2) is 0 Å². The topological polar surface area (TPSA) is 47.1 Å². The first-order valence-electron chi connectivity index (χ1n) is 6.83. The van der Waals surface area contributed by atoms with Crippen LogP contribution in [0.4, 0.5) is 0 Å². The lowest BCUT2D eigenvalue weighted by molar-refractivity contribution is 0.346. The van der Waals surface area contributed by atoms with Gasteiger partial charge >= 0.3 is 0 Å². The minimum Gasteiger partial charge on any atom is -0.316 e. The maximum atomic E-state index is 6.24. The number of likely N-dealkylation sites (N-methyl/N-ethyl adjacent to an activating group) is 1. The van der Waals surface area contributed by atoms with Crippen molar-refractivity contribution < 1.29 is 0 Å². The van der Waals surface area contributed by atoms with E-state index in [0.29, 0.717) is 5.92 Å². The Hall–Kier alpha value is -0.870. The predicted octanol–water partition coefficient (Wildman–Crippen LogP) is 1.49. The zero-order valence-electron chi connectivity index (χ0n) is 10.6. The molecule has 1 fully saturated rings. The molecule has 0 aliphatic carbocycles. The van der Waals surface area contributed by atoms with Crippen LogP contribution in [-0.2, 0) is 6.42 Å². The van der Waals surface area contributed by atoms with Crippen LogP contribution in [0, 0.1) is 0 Å². The second-order valence-corrected chi connectivity index (χ2v) is 5.32. The molecule has 1 saturated heterocycles. The number of imidazole rings is 1. The van der Waals surface area contributed by atoms with Crippen LogP contribution in [0.5, 0.6) is 0 Å². The molecule has 0 spiro atoms. The van der Waals surface area contributed by atoms with Crippen molar-refractivity contribution in [2.75, 3.05) is 19.6 Å². The summed E-state index contributed by atoms with van der Waals surface area (Å²) in [7, 11) is 0. The minimum atomic E-state index is 0.159. The first kappa shape index (κ1) is 11.2. The molecule has 3 heterocycles. The van der Waals surface area contributed by atoms with Gasteiger partial charge in [-0.2, -0.15) is 0 Å². The van der Waals surface area contributed by atoms with E-state index in [2.05, 4.69) is 21.4 Å². The number of aromatic nitrogens is 2. The van der Waals surface area contributed by atoms with E-state index in [0.717, 1.165) is 25.9 Å². The van der Waals surface area contributed by atoms with E-state index >= 15 is 0 Å². The Labute approximate surface area is 103 Å². The lowest BCUT2D eigenvalue weighted by atomic mass is 10.1. The smallest absolute Gasteiger partial charge is 0.114 e. The van der Waals surface area contributed by atoms with E-state index in [1.807, 2.05) is 6.20 Å². The van der Waals surface area contributed by atoms with Crippen molar-refractivity contribution in [3.63, 3.8) is 0 Å². The number of hydrogen-bond donors (Lipinski definition) is 1. The lowest BCUT2D eigenvalue weighted by Crippen LogP contribution is -2.28. The number of nitrogens with zero attached hydrogens (tertiary/aromatic N) is 3. The molecule has 4 nitrogen and oxygen atoms in total. The third kappa shape index (κ3) is 1.89. The number of hydrogen-bond acceptors (Lipinski definition) is 3. The summed E-state index contributed by atoms with van der Waals surface area (Å²) in [6.07, 6.45) is 6.88. The van der Waals surface area contributed by atoms with E-state index in [-0.39, 0.29) is 6.17 Å². The Morgan fingerprint density at radius 1 is 1.47 bits per heavy atom. The Morgan fingerprint density at radius 3 is 3.12 bits per heavy atom. The summed E-state index contributed by atoms with van der Waals surface area (Å²) in [5.74, 6) is 1.83. The molecule has 2 aliphatic rings. The maximum Gasteiger partial charge on any atom is 0.114 e. The highest BCUT2D eigenvalue weighted by atomic mass is 15.2. The van der Waals surface area contributed by atoms with Crippen molar-refractivity contribution in [3.8, 4) is 0 Å². The first-order chi connectivity index (χ1) is 8.29. The summed E-state index contributed by atoms with van der Waals surface area (Å²) in [6, 6.07) is 0. The molecule has 0 radical (unpaired) electrons. The predicted molar refractivity (Wildman–Crippen MR) is 67.9 cm³/mol. The van der Waals surface area contributed by atoms with Gasteiger partial charge in [0.05, 0.1) is 6.17 Å². The number of aryl methyl sites for hydroxylation is 1. The summed E-state index contributed by atoms with van der Waals surface area (Å²) in [4.78, 5) is 7.16. The van der Waals surface area contributed by atoms with Crippen LogP contribution in [0.15, 0.2) is 6.20 Å². The Kier molecular flexibility index (Phi) is 2.92. The van der Waals surface area contributed by atoms with Crippen molar-refractivity contribution in [2.45, 2.75) is 44.7 Å². The molecule has 1 aromatic rings. The van der Waals surface area contributed by atoms with Crippen LogP contribution < -0.4 is 5.73 Å². The molecule has 0 bridgehead atoms. The van der Waals surface area contributed by atoms with Gasteiger partial charge < -0.3 is 15.2 Å². The summed E-state index contributed by atoms with van der Waals surface area (Å²) in [6.45, 7) is 5.74. The zero-order valence-corrected chi connectivity index (χ0v) is 10.6. The molecule has 1 aromatic heterocycles. The molecule has 0 aromatic carbocycles. The molecule has 2 atom stereocenters. The molecule has 0 saturated carbocycles. The van der Waals surface area contributed by atoms with Crippen molar-refractivity contribution in [1.29, 1.82) is 0 Å². The third-order valence-electron chi connectivity index (χ3n) is 4.25. The maximum absolute atomic E-state index is 6.24. The zero-order chi connectivity index (χ0) is 11.8. The van der Waals surface area contributed by atoms with Crippen molar-refractivity contribution in [3.05, 3.63) is 17.7 Å². The molecule has 2 unspecified atom stereocenters. The van der Waals surface area contributed by atoms with Crippen LogP contribution in [0.2, 0.25) is 0 Å². The number of likely N-dealkylation sites (tertiary alicyclic amines) is 1. The van der Waals surface area contributed by atoms with Gasteiger partial charge in [-0.1, -0.05) is 6.92 Å². The van der Waals surface area contributed by atoms with Crippen LogP contribution in [0.25, 0.3) is 0 Å². The molecular weight excluding hydrogens is 212 g/mol. The highest BCUT2D eigenvalue weighted by Gasteiger charge is 2.29. The molecule has 17 heavy (non-hydrogen) atoms. The number of rotatable bonds is 2. The fourth-order valence-electron chi connectivity index (χ4n) is 3.23. The van der Waals surface area contributed by atoms with Gasteiger partial charge in [0.2, 0.25) is 0 Å². The molecule has 2 aliphatic heterocycles. The monoisotopic (exact) mass is 234 g/mol. The average Bonchev–Trinajstić information content (AvgIpc) is 2.94. The van der Waals surface area contributed by atoms with Gasteiger partial charge in [0.1, 0.15) is 5.82 Å². The number of nitrogens with two attached hydrogens (primary N) is 1. The summed E-state index contributed by atoms with van der Waals surface area (Å²) < 4.78 is 2.31. The van der Waals surface area contributed by atoms with Gasteiger partial charge in [-0.25, -0.2) is 4.98 Å². The van der Waals surface area contributed by atoms with E-state index in [9.17, 15) is 0 Å². The average molecular weight is 234 g/mol. The lowest BCUT2D eigenvalue weighted by Gasteiger charge is -2.25. The van der Waals surface area contributed by atoms with E-state index in [1.54, 1.807) is 0 Å². The number of fused-ring (bicyclic) bond motifs is 1.